The van der Waals surface area contributed by atoms with Crippen LogP contribution in [0, 0.1) is 11.8 Å². The molecule has 0 unspecified atom stereocenters. The maximum atomic E-state index is 5.44. The average Bonchev–Trinajstić information content (AvgIpc) is 2.19. The Hall–Kier alpha value is -0.300. The third-order valence-corrected chi connectivity index (χ3v) is 3.21. The van der Waals surface area contributed by atoms with E-state index in [0.717, 1.165) is 24.8 Å². The van der Waals surface area contributed by atoms with E-state index in [1.165, 1.54) is 32.1 Å². The molecule has 1 aliphatic carbocycles. The van der Waals surface area contributed by atoms with Gasteiger partial charge in [0.2, 0.25) is 0 Å². The Balaban J connectivity index is 2.17. The van der Waals surface area contributed by atoms with Gasteiger partial charge in [-0.2, -0.15) is 0 Å². The molecule has 1 nitrogen and oxygen atoms in total. The normalized spacial score (nSPS) is 29.7. The molecule has 0 aromatic carbocycles. The number of rotatable bonds is 4. The number of hydrogen-bond acceptors (Lipinski definition) is 1. The van der Waals surface area contributed by atoms with Crippen LogP contribution in [0.25, 0.3) is 0 Å². The standard InChI is InChI=1S/C12H23N/c1-2-11-6-8-12(9-7-11)5-3-4-10-13/h3,5,11-12H,2,4,6-10,13H2,1H3. The van der Waals surface area contributed by atoms with E-state index >= 15 is 0 Å². The van der Waals surface area contributed by atoms with Gasteiger partial charge in [-0.15, -0.1) is 0 Å². The molecule has 1 rings (SSSR count). The predicted molar refractivity (Wildman–Crippen MR) is 58.6 cm³/mol. The van der Waals surface area contributed by atoms with Gasteiger partial charge in [0, 0.05) is 0 Å². The second kappa shape index (κ2) is 6.20. The first kappa shape index (κ1) is 10.8. The quantitative estimate of drug-likeness (QED) is 0.663. The summed E-state index contributed by atoms with van der Waals surface area (Å²) >= 11 is 0. The Morgan fingerprint density at radius 3 is 2.46 bits per heavy atom. The Bertz CT molecular complexity index is 143. The summed E-state index contributed by atoms with van der Waals surface area (Å²) in [6.45, 7) is 3.11. The van der Waals surface area contributed by atoms with Crippen molar-refractivity contribution in [3.8, 4) is 0 Å². The van der Waals surface area contributed by atoms with Crippen LogP contribution in [0.5, 0.6) is 0 Å². The molecule has 0 aliphatic heterocycles. The van der Waals surface area contributed by atoms with Crippen molar-refractivity contribution in [2.45, 2.75) is 45.4 Å². The zero-order valence-corrected chi connectivity index (χ0v) is 8.84. The van der Waals surface area contributed by atoms with Crippen LogP contribution in [0.15, 0.2) is 12.2 Å². The smallest absolute Gasteiger partial charge is 0.00426 e. The van der Waals surface area contributed by atoms with Crippen molar-refractivity contribution in [1.29, 1.82) is 0 Å². The van der Waals surface area contributed by atoms with Crippen LogP contribution in [0.1, 0.15) is 45.4 Å². The second-order valence-corrected chi connectivity index (χ2v) is 4.19. The van der Waals surface area contributed by atoms with Crippen LogP contribution in [0.3, 0.4) is 0 Å². The van der Waals surface area contributed by atoms with Crippen molar-refractivity contribution < 1.29 is 0 Å². The van der Waals surface area contributed by atoms with Gasteiger partial charge in [-0.25, -0.2) is 0 Å². The van der Waals surface area contributed by atoms with Gasteiger partial charge in [-0.1, -0.05) is 25.5 Å². The van der Waals surface area contributed by atoms with Crippen molar-refractivity contribution in [2.24, 2.45) is 17.6 Å². The van der Waals surface area contributed by atoms with E-state index in [4.69, 9.17) is 5.73 Å². The van der Waals surface area contributed by atoms with E-state index in [1.54, 1.807) is 0 Å². The maximum absolute atomic E-state index is 5.44. The molecule has 0 spiro atoms. The first-order valence-corrected chi connectivity index (χ1v) is 5.73. The Kier molecular flexibility index (Phi) is 5.14. The minimum absolute atomic E-state index is 0.792. The lowest BCUT2D eigenvalue weighted by molar-refractivity contribution is 0.303. The fraction of sp³-hybridized carbons (Fsp3) is 0.833. The number of hydrogen-bond donors (Lipinski definition) is 1. The topological polar surface area (TPSA) is 26.0 Å². The molecule has 0 bridgehead atoms. The molecule has 0 amide bonds. The second-order valence-electron chi connectivity index (χ2n) is 4.19. The van der Waals surface area contributed by atoms with Crippen LogP contribution in [-0.4, -0.2) is 6.54 Å². The molecular weight excluding hydrogens is 158 g/mol. The van der Waals surface area contributed by atoms with Crippen LogP contribution < -0.4 is 5.73 Å². The van der Waals surface area contributed by atoms with Gasteiger partial charge in [-0.3, -0.25) is 0 Å². The molecule has 1 aliphatic rings. The highest BCUT2D eigenvalue weighted by Gasteiger charge is 2.17. The molecule has 0 aromatic heterocycles. The maximum Gasteiger partial charge on any atom is -0.00426 e. The molecule has 0 radical (unpaired) electrons. The van der Waals surface area contributed by atoms with Gasteiger partial charge in [-0.05, 0) is 50.5 Å². The summed E-state index contributed by atoms with van der Waals surface area (Å²) in [4.78, 5) is 0. The van der Waals surface area contributed by atoms with E-state index in [9.17, 15) is 0 Å². The summed E-state index contributed by atoms with van der Waals surface area (Å²) in [6.07, 6.45) is 12.8. The fourth-order valence-corrected chi connectivity index (χ4v) is 2.17. The van der Waals surface area contributed by atoms with Crippen LogP contribution in [0.2, 0.25) is 0 Å². The molecule has 0 saturated heterocycles. The summed E-state index contributed by atoms with van der Waals surface area (Å²) in [5.74, 6) is 1.87. The van der Waals surface area contributed by atoms with E-state index in [-0.39, 0.29) is 0 Å². The van der Waals surface area contributed by atoms with E-state index < -0.39 is 0 Å². The first-order valence-electron chi connectivity index (χ1n) is 5.73. The summed E-state index contributed by atoms with van der Waals surface area (Å²) in [5, 5.41) is 0. The Morgan fingerprint density at radius 1 is 1.23 bits per heavy atom. The van der Waals surface area contributed by atoms with Crippen LogP contribution >= 0.6 is 0 Å². The zero-order valence-electron chi connectivity index (χ0n) is 8.84. The Labute approximate surface area is 82.4 Å². The summed E-state index contributed by atoms with van der Waals surface area (Å²) in [5.41, 5.74) is 5.44. The Morgan fingerprint density at radius 2 is 1.92 bits per heavy atom. The van der Waals surface area contributed by atoms with E-state index in [0.29, 0.717) is 0 Å². The number of nitrogens with two attached hydrogens (primary N) is 1. The molecule has 13 heavy (non-hydrogen) atoms. The third-order valence-electron chi connectivity index (χ3n) is 3.21. The van der Waals surface area contributed by atoms with Crippen LogP contribution in [-0.2, 0) is 0 Å². The lowest BCUT2D eigenvalue weighted by Crippen LogP contribution is -2.12. The summed E-state index contributed by atoms with van der Waals surface area (Å²) in [7, 11) is 0. The van der Waals surface area contributed by atoms with Gasteiger partial charge in [0.25, 0.3) is 0 Å². The highest BCUT2D eigenvalue weighted by Crippen LogP contribution is 2.31. The van der Waals surface area contributed by atoms with Gasteiger partial charge in [0.05, 0.1) is 0 Å². The van der Waals surface area contributed by atoms with Crippen molar-refractivity contribution in [2.75, 3.05) is 6.54 Å². The lowest BCUT2D eigenvalue weighted by atomic mass is 9.81. The van der Waals surface area contributed by atoms with E-state index in [1.807, 2.05) is 0 Å². The van der Waals surface area contributed by atoms with Gasteiger partial charge >= 0.3 is 0 Å². The molecule has 2 N–H and O–H groups in total. The molecule has 0 aromatic rings. The van der Waals surface area contributed by atoms with Crippen LogP contribution in [0.4, 0.5) is 0 Å². The van der Waals surface area contributed by atoms with E-state index in [2.05, 4.69) is 19.1 Å². The van der Waals surface area contributed by atoms with Crippen molar-refractivity contribution in [3.05, 3.63) is 12.2 Å². The molecular formula is C12H23N. The van der Waals surface area contributed by atoms with Gasteiger partial charge in [0.1, 0.15) is 0 Å². The average molecular weight is 181 g/mol. The monoisotopic (exact) mass is 181 g/mol. The molecule has 0 heterocycles. The fourth-order valence-electron chi connectivity index (χ4n) is 2.17. The molecule has 0 atom stereocenters. The van der Waals surface area contributed by atoms with Gasteiger partial charge < -0.3 is 5.73 Å². The minimum atomic E-state index is 0.792. The van der Waals surface area contributed by atoms with Crippen molar-refractivity contribution in [3.63, 3.8) is 0 Å². The van der Waals surface area contributed by atoms with Gasteiger partial charge in [0.15, 0.2) is 0 Å². The highest BCUT2D eigenvalue weighted by molar-refractivity contribution is 4.90. The van der Waals surface area contributed by atoms with Crippen molar-refractivity contribution in [1.82, 2.24) is 0 Å². The first-order chi connectivity index (χ1) is 6.36. The molecule has 1 fully saturated rings. The largest absolute Gasteiger partial charge is 0.330 e. The number of allylic oxidation sites excluding steroid dienone is 1. The highest BCUT2D eigenvalue weighted by atomic mass is 14.5. The molecule has 76 valence electrons. The minimum Gasteiger partial charge on any atom is -0.330 e. The molecule has 1 heteroatoms. The lowest BCUT2D eigenvalue weighted by Gasteiger charge is -2.25. The summed E-state index contributed by atoms with van der Waals surface area (Å²) < 4.78 is 0. The predicted octanol–water partition coefficient (Wildman–Crippen LogP) is 3.11. The van der Waals surface area contributed by atoms with Crippen molar-refractivity contribution >= 4 is 0 Å². The molecule has 1 saturated carbocycles. The summed E-state index contributed by atoms with van der Waals surface area (Å²) in [6, 6.07) is 0. The SMILES string of the molecule is CCC1CCC(C=CCCN)CC1. The zero-order chi connectivity index (χ0) is 9.52. The third kappa shape index (κ3) is 3.95.